The Bertz CT molecular complexity index is 366. The zero-order valence-corrected chi connectivity index (χ0v) is 11.7. The van der Waals surface area contributed by atoms with Gasteiger partial charge in [0, 0.05) is 5.57 Å². The summed E-state index contributed by atoms with van der Waals surface area (Å²) in [4.78, 5) is 11.6. The van der Waals surface area contributed by atoms with E-state index in [1.165, 1.54) is 39.2 Å². The fourth-order valence-electron chi connectivity index (χ4n) is 5.12. The monoisotopic (exact) mass is 248 g/mol. The van der Waals surface area contributed by atoms with Gasteiger partial charge in [-0.25, -0.2) is 4.79 Å². The van der Waals surface area contributed by atoms with Gasteiger partial charge in [-0.2, -0.15) is 0 Å². The van der Waals surface area contributed by atoms with Crippen LogP contribution in [0.15, 0.2) is 11.6 Å². The maximum atomic E-state index is 11.6. The lowest BCUT2D eigenvalue weighted by molar-refractivity contribution is -0.136. The Kier molecular flexibility index (Phi) is 2.80. The Morgan fingerprint density at radius 1 is 1.11 bits per heavy atom. The molecule has 18 heavy (non-hydrogen) atoms. The van der Waals surface area contributed by atoms with Gasteiger partial charge in [-0.15, -0.1) is 0 Å². The van der Waals surface area contributed by atoms with Crippen molar-refractivity contribution in [1.29, 1.82) is 0 Å². The van der Waals surface area contributed by atoms with Crippen LogP contribution in [-0.2, 0) is 9.53 Å². The highest BCUT2D eigenvalue weighted by molar-refractivity contribution is 5.87. The van der Waals surface area contributed by atoms with Crippen molar-refractivity contribution in [2.75, 3.05) is 7.11 Å². The van der Waals surface area contributed by atoms with Crippen LogP contribution >= 0.6 is 0 Å². The van der Waals surface area contributed by atoms with Crippen molar-refractivity contribution in [1.82, 2.24) is 0 Å². The van der Waals surface area contributed by atoms with Gasteiger partial charge in [0.05, 0.1) is 7.11 Å². The molecule has 0 saturated heterocycles. The van der Waals surface area contributed by atoms with Crippen LogP contribution in [0.2, 0.25) is 0 Å². The minimum Gasteiger partial charge on any atom is -0.466 e. The molecule has 0 unspecified atom stereocenters. The third kappa shape index (κ3) is 1.72. The van der Waals surface area contributed by atoms with Crippen molar-refractivity contribution >= 4 is 5.97 Å². The molecule has 0 aromatic carbocycles. The van der Waals surface area contributed by atoms with Crippen LogP contribution < -0.4 is 0 Å². The van der Waals surface area contributed by atoms with Gasteiger partial charge in [-0.3, -0.25) is 0 Å². The third-order valence-electron chi connectivity index (χ3n) is 5.93. The average molecular weight is 248 g/mol. The van der Waals surface area contributed by atoms with Crippen LogP contribution in [0.1, 0.15) is 46.0 Å². The maximum Gasteiger partial charge on any atom is 0.333 e. The summed E-state index contributed by atoms with van der Waals surface area (Å²) in [5.41, 5.74) is 1.04. The van der Waals surface area contributed by atoms with Gasteiger partial charge in [0.1, 0.15) is 0 Å². The summed E-state index contributed by atoms with van der Waals surface area (Å²) in [5, 5.41) is 0. The van der Waals surface area contributed by atoms with E-state index in [0.29, 0.717) is 0 Å². The lowest BCUT2D eigenvalue weighted by Gasteiger charge is -2.59. The minimum atomic E-state index is -0.162. The fourth-order valence-corrected chi connectivity index (χ4v) is 5.12. The molecular weight excluding hydrogens is 224 g/mol. The number of hydrogen-bond donors (Lipinski definition) is 0. The molecule has 4 bridgehead atoms. The van der Waals surface area contributed by atoms with Crippen LogP contribution in [0.3, 0.4) is 0 Å². The van der Waals surface area contributed by atoms with E-state index in [1.54, 1.807) is 0 Å². The number of carbonyl (C=O) groups excluding carboxylic acids is 1. The summed E-state index contributed by atoms with van der Waals surface area (Å²) < 4.78 is 4.84. The van der Waals surface area contributed by atoms with Gasteiger partial charge in [0.15, 0.2) is 0 Å². The SMILES string of the molecule is COC(=O)C(C)=CC1(C)C2CC3CC(C2)CC1C3. The summed E-state index contributed by atoms with van der Waals surface area (Å²) in [6.07, 6.45) is 9.25. The first-order valence-electron chi connectivity index (χ1n) is 7.30. The zero-order chi connectivity index (χ0) is 12.9. The molecule has 2 nitrogen and oxygen atoms in total. The fraction of sp³-hybridized carbons (Fsp3) is 0.812. The van der Waals surface area contributed by atoms with Gasteiger partial charge < -0.3 is 4.74 Å². The summed E-state index contributed by atoms with van der Waals surface area (Å²) in [6, 6.07) is 0. The summed E-state index contributed by atoms with van der Waals surface area (Å²) in [5.74, 6) is 3.39. The summed E-state index contributed by atoms with van der Waals surface area (Å²) in [6.45, 7) is 4.29. The Balaban J connectivity index is 1.88. The van der Waals surface area contributed by atoms with E-state index in [4.69, 9.17) is 4.74 Å². The molecule has 0 spiro atoms. The smallest absolute Gasteiger partial charge is 0.333 e. The molecule has 0 amide bonds. The first-order chi connectivity index (χ1) is 8.53. The molecule has 0 aromatic rings. The van der Waals surface area contributed by atoms with E-state index >= 15 is 0 Å². The van der Waals surface area contributed by atoms with Gasteiger partial charge in [0.25, 0.3) is 0 Å². The topological polar surface area (TPSA) is 26.3 Å². The second-order valence-corrected chi connectivity index (χ2v) is 6.99. The summed E-state index contributed by atoms with van der Waals surface area (Å²) in [7, 11) is 1.47. The Hall–Kier alpha value is -0.790. The molecule has 4 aliphatic carbocycles. The number of hydrogen-bond acceptors (Lipinski definition) is 2. The molecule has 4 aliphatic rings. The van der Waals surface area contributed by atoms with Gasteiger partial charge in [-0.1, -0.05) is 13.0 Å². The van der Waals surface area contributed by atoms with Crippen molar-refractivity contribution in [2.24, 2.45) is 29.1 Å². The highest BCUT2D eigenvalue weighted by Crippen LogP contribution is 2.62. The van der Waals surface area contributed by atoms with Crippen LogP contribution in [-0.4, -0.2) is 13.1 Å². The van der Waals surface area contributed by atoms with Gasteiger partial charge in [-0.05, 0) is 68.1 Å². The predicted molar refractivity (Wildman–Crippen MR) is 70.9 cm³/mol. The van der Waals surface area contributed by atoms with E-state index in [0.717, 1.165) is 29.2 Å². The first-order valence-corrected chi connectivity index (χ1v) is 7.30. The minimum absolute atomic E-state index is 0.162. The van der Waals surface area contributed by atoms with Crippen LogP contribution in [0.25, 0.3) is 0 Å². The zero-order valence-electron chi connectivity index (χ0n) is 11.7. The molecule has 0 atom stereocenters. The van der Waals surface area contributed by atoms with E-state index in [1.807, 2.05) is 6.92 Å². The second-order valence-electron chi connectivity index (χ2n) is 6.99. The molecule has 2 heteroatoms. The first kappa shape index (κ1) is 12.3. The molecule has 0 N–H and O–H groups in total. The van der Waals surface area contributed by atoms with Gasteiger partial charge in [0.2, 0.25) is 0 Å². The lowest BCUT2D eigenvalue weighted by Crippen LogP contribution is -2.50. The third-order valence-corrected chi connectivity index (χ3v) is 5.93. The molecule has 4 rings (SSSR count). The largest absolute Gasteiger partial charge is 0.466 e. The Morgan fingerprint density at radius 2 is 1.61 bits per heavy atom. The van der Waals surface area contributed by atoms with Crippen molar-refractivity contribution < 1.29 is 9.53 Å². The lowest BCUT2D eigenvalue weighted by atomic mass is 9.46. The molecule has 0 aromatic heterocycles. The van der Waals surface area contributed by atoms with Crippen LogP contribution in [0.4, 0.5) is 0 Å². The number of esters is 1. The van der Waals surface area contributed by atoms with E-state index in [-0.39, 0.29) is 11.4 Å². The highest BCUT2D eigenvalue weighted by Gasteiger charge is 2.53. The molecule has 0 heterocycles. The van der Waals surface area contributed by atoms with E-state index < -0.39 is 0 Å². The number of rotatable bonds is 2. The predicted octanol–water partition coefficient (Wildman–Crippen LogP) is 3.57. The second kappa shape index (κ2) is 4.11. The highest BCUT2D eigenvalue weighted by atomic mass is 16.5. The number of allylic oxidation sites excluding steroid dienone is 1. The van der Waals surface area contributed by atoms with E-state index in [2.05, 4.69) is 13.0 Å². The van der Waals surface area contributed by atoms with Crippen molar-refractivity contribution in [3.05, 3.63) is 11.6 Å². The van der Waals surface area contributed by atoms with Gasteiger partial charge >= 0.3 is 5.97 Å². The number of methoxy groups -OCH3 is 1. The standard InChI is InChI=1S/C16H24O2/c1-10(15(17)18-3)9-16(2)13-5-11-4-12(7-13)8-14(16)6-11/h9,11-14H,4-8H2,1-3H3. The van der Waals surface area contributed by atoms with Crippen molar-refractivity contribution in [3.63, 3.8) is 0 Å². The van der Waals surface area contributed by atoms with Crippen molar-refractivity contribution in [3.8, 4) is 0 Å². The molecule has 4 saturated carbocycles. The Labute approximate surface area is 110 Å². The number of carbonyl (C=O) groups is 1. The van der Waals surface area contributed by atoms with Crippen molar-refractivity contribution in [2.45, 2.75) is 46.0 Å². The quantitative estimate of drug-likeness (QED) is 0.551. The molecule has 4 fully saturated rings. The molecule has 0 radical (unpaired) electrons. The molecule has 100 valence electrons. The molecule has 0 aliphatic heterocycles. The van der Waals surface area contributed by atoms with Crippen LogP contribution in [0.5, 0.6) is 0 Å². The molecular formula is C16H24O2. The number of ether oxygens (including phenoxy) is 1. The summed E-state index contributed by atoms with van der Waals surface area (Å²) >= 11 is 0. The normalized spacial score (nSPS) is 46.3. The Morgan fingerprint density at radius 3 is 2.06 bits per heavy atom. The van der Waals surface area contributed by atoms with Crippen LogP contribution in [0, 0.1) is 29.1 Å². The van der Waals surface area contributed by atoms with E-state index in [9.17, 15) is 4.79 Å². The average Bonchev–Trinajstić information content (AvgIpc) is 2.34. The maximum absolute atomic E-state index is 11.6.